The molecule has 1 aromatic carbocycles. The molecule has 120 valence electrons. The zero-order valence-corrected chi connectivity index (χ0v) is 13.6. The number of hydrogen-bond acceptors (Lipinski definition) is 1. The molecule has 0 aromatic heterocycles. The summed E-state index contributed by atoms with van der Waals surface area (Å²) in [5.74, 6) is 0.141. The van der Waals surface area contributed by atoms with Crippen LogP contribution in [0.4, 0.5) is 4.39 Å². The first-order valence-electron chi connectivity index (χ1n) is 7.81. The highest BCUT2D eigenvalue weighted by molar-refractivity contribution is 6.33. The first-order valence-corrected chi connectivity index (χ1v) is 8.19. The summed E-state index contributed by atoms with van der Waals surface area (Å²) in [6, 6.07) is 3.91. The highest BCUT2D eigenvalue weighted by atomic mass is 35.5. The minimum atomic E-state index is -0.432. The van der Waals surface area contributed by atoms with Gasteiger partial charge in [0.1, 0.15) is 5.82 Å². The predicted molar refractivity (Wildman–Crippen MR) is 87.3 cm³/mol. The molecule has 1 N–H and O–H groups in total. The Morgan fingerprint density at radius 1 is 1.32 bits per heavy atom. The van der Waals surface area contributed by atoms with Crippen LogP contribution in [0.25, 0.3) is 0 Å². The van der Waals surface area contributed by atoms with Gasteiger partial charge in [0.2, 0.25) is 0 Å². The van der Waals surface area contributed by atoms with E-state index < -0.39 is 5.82 Å². The van der Waals surface area contributed by atoms with Crippen molar-refractivity contribution < 1.29 is 9.18 Å². The van der Waals surface area contributed by atoms with Gasteiger partial charge in [-0.25, -0.2) is 4.39 Å². The molecular formula is C18H23ClFNO. The molecule has 1 aromatic rings. The van der Waals surface area contributed by atoms with Gasteiger partial charge in [0, 0.05) is 6.54 Å². The molecule has 2 aliphatic carbocycles. The Bertz CT molecular complexity index is 536. The van der Waals surface area contributed by atoms with Crippen molar-refractivity contribution in [3.63, 3.8) is 0 Å². The Morgan fingerprint density at radius 2 is 2.00 bits per heavy atom. The third-order valence-electron chi connectivity index (χ3n) is 5.16. The quantitative estimate of drug-likeness (QED) is 0.842. The van der Waals surface area contributed by atoms with Crippen molar-refractivity contribution in [2.24, 2.45) is 11.3 Å². The fourth-order valence-corrected chi connectivity index (χ4v) is 4.31. The maximum Gasteiger partial charge on any atom is 0.252 e. The lowest BCUT2D eigenvalue weighted by Gasteiger charge is -2.45. The zero-order valence-electron chi connectivity index (χ0n) is 12.8. The van der Waals surface area contributed by atoms with Crippen LogP contribution in [0.15, 0.2) is 18.2 Å². The Morgan fingerprint density at radius 3 is 2.68 bits per heavy atom. The van der Waals surface area contributed by atoms with Crippen LogP contribution in [0.5, 0.6) is 0 Å². The van der Waals surface area contributed by atoms with Gasteiger partial charge in [-0.2, -0.15) is 0 Å². The third-order valence-corrected chi connectivity index (χ3v) is 5.49. The van der Waals surface area contributed by atoms with E-state index in [4.69, 9.17) is 11.6 Å². The van der Waals surface area contributed by atoms with E-state index in [-0.39, 0.29) is 24.3 Å². The molecule has 2 bridgehead atoms. The molecule has 3 rings (SSSR count). The van der Waals surface area contributed by atoms with Crippen LogP contribution < -0.4 is 5.32 Å². The summed E-state index contributed by atoms with van der Waals surface area (Å²) in [6.45, 7) is 0.690. The smallest absolute Gasteiger partial charge is 0.252 e. The van der Waals surface area contributed by atoms with Crippen LogP contribution in [0, 0.1) is 24.6 Å². The number of halogens is 2. The molecule has 0 spiro atoms. The molecule has 0 unspecified atom stereocenters. The normalized spacial score (nSPS) is 26.9. The van der Waals surface area contributed by atoms with E-state index in [1.54, 1.807) is 0 Å². The average Bonchev–Trinajstić information content (AvgIpc) is 2.47. The molecule has 4 heteroatoms. The van der Waals surface area contributed by atoms with Crippen molar-refractivity contribution in [1.29, 1.82) is 0 Å². The maximum absolute atomic E-state index is 13.3. The molecule has 2 aliphatic rings. The van der Waals surface area contributed by atoms with Crippen LogP contribution in [0.1, 0.15) is 55.3 Å². The lowest BCUT2D eigenvalue weighted by Crippen LogP contribution is -2.43. The lowest BCUT2D eigenvalue weighted by molar-refractivity contribution is 0.0681. The van der Waals surface area contributed by atoms with Gasteiger partial charge >= 0.3 is 0 Å². The second kappa shape index (κ2) is 6.99. The number of benzene rings is 1. The van der Waals surface area contributed by atoms with Crippen molar-refractivity contribution >= 4 is 17.5 Å². The van der Waals surface area contributed by atoms with Gasteiger partial charge in [-0.3, -0.25) is 4.79 Å². The molecule has 2 radical (unpaired) electrons. The fraction of sp³-hybridized carbons (Fsp3) is 0.556. The number of amides is 1. The monoisotopic (exact) mass is 323 g/mol. The van der Waals surface area contributed by atoms with E-state index in [1.807, 2.05) is 0 Å². The van der Waals surface area contributed by atoms with Crippen molar-refractivity contribution in [1.82, 2.24) is 5.32 Å². The SMILES string of the molecule is O=C(NCC12CCCC(CCC1)C2)c1cc(F)ccc1Cl.[CH2]. The third kappa shape index (κ3) is 3.62. The molecule has 0 heterocycles. The van der Waals surface area contributed by atoms with Crippen molar-refractivity contribution in [2.45, 2.75) is 44.9 Å². The first kappa shape index (κ1) is 17.3. The number of hydrogen-bond donors (Lipinski definition) is 1. The number of carbonyl (C=O) groups is 1. The lowest BCUT2D eigenvalue weighted by atomic mass is 9.62. The molecule has 1 amide bonds. The summed E-state index contributed by atoms with van der Waals surface area (Å²) in [7, 11) is 0. The van der Waals surface area contributed by atoms with Crippen LogP contribution in [-0.4, -0.2) is 12.5 Å². The molecule has 0 saturated heterocycles. The Labute approximate surface area is 137 Å². The standard InChI is InChI=1S/C17H21ClFNO.CH2/c18-15-6-5-13(19)9-14(15)16(21)20-11-17-7-1-3-12(10-17)4-2-8-17;/h5-6,9,12H,1-4,7-8,10-11H2,(H,20,21);1H2. The van der Waals surface area contributed by atoms with Crippen LogP contribution in [-0.2, 0) is 0 Å². The first-order chi connectivity index (χ1) is 10.1. The van der Waals surface area contributed by atoms with E-state index >= 15 is 0 Å². The number of nitrogens with one attached hydrogen (secondary N) is 1. The Balaban J connectivity index is 0.00000176. The summed E-state index contributed by atoms with van der Waals surface area (Å²) in [5.41, 5.74) is 0.493. The van der Waals surface area contributed by atoms with Gasteiger partial charge < -0.3 is 5.32 Å². The van der Waals surface area contributed by atoms with Crippen molar-refractivity contribution in [3.8, 4) is 0 Å². The Kier molecular flexibility index (Phi) is 5.49. The molecule has 22 heavy (non-hydrogen) atoms. The van der Waals surface area contributed by atoms with Crippen molar-refractivity contribution in [2.75, 3.05) is 6.54 Å². The van der Waals surface area contributed by atoms with Crippen molar-refractivity contribution in [3.05, 3.63) is 42.0 Å². The van der Waals surface area contributed by atoms with Gasteiger partial charge in [-0.1, -0.05) is 44.7 Å². The minimum absolute atomic E-state index is 0. The molecule has 2 fully saturated rings. The molecule has 2 saturated carbocycles. The van der Waals surface area contributed by atoms with Crippen LogP contribution >= 0.6 is 11.6 Å². The van der Waals surface area contributed by atoms with Crippen LogP contribution in [0.2, 0.25) is 5.02 Å². The summed E-state index contributed by atoms with van der Waals surface area (Å²) in [5, 5.41) is 3.30. The summed E-state index contributed by atoms with van der Waals surface area (Å²) < 4.78 is 13.3. The van der Waals surface area contributed by atoms with E-state index in [1.165, 1.54) is 63.1 Å². The maximum atomic E-state index is 13.3. The highest BCUT2D eigenvalue weighted by Crippen LogP contribution is 2.48. The number of fused-ring (bicyclic) bond motifs is 2. The van der Waals surface area contributed by atoms with Gasteiger partial charge in [-0.15, -0.1) is 0 Å². The summed E-state index contributed by atoms with van der Waals surface area (Å²) in [4.78, 5) is 12.3. The molecule has 0 aliphatic heterocycles. The topological polar surface area (TPSA) is 29.1 Å². The van der Waals surface area contributed by atoms with E-state index in [2.05, 4.69) is 5.32 Å². The highest BCUT2D eigenvalue weighted by Gasteiger charge is 2.39. The fourth-order valence-electron chi connectivity index (χ4n) is 4.10. The minimum Gasteiger partial charge on any atom is -0.351 e. The Hall–Kier alpha value is -1.09. The van der Waals surface area contributed by atoms with E-state index in [9.17, 15) is 9.18 Å². The number of carbonyl (C=O) groups excluding carboxylic acids is 1. The second-order valence-electron chi connectivity index (χ2n) is 6.66. The van der Waals surface area contributed by atoms with E-state index in [0.717, 1.165) is 5.92 Å². The summed E-state index contributed by atoms with van der Waals surface area (Å²) >= 11 is 5.99. The number of rotatable bonds is 3. The summed E-state index contributed by atoms with van der Waals surface area (Å²) in [6.07, 6.45) is 8.82. The van der Waals surface area contributed by atoms with Gasteiger partial charge in [0.25, 0.3) is 5.91 Å². The van der Waals surface area contributed by atoms with Gasteiger partial charge in [-0.05, 0) is 48.8 Å². The average molecular weight is 324 g/mol. The predicted octanol–water partition coefficient (Wildman–Crippen LogP) is 4.90. The van der Waals surface area contributed by atoms with Crippen LogP contribution in [0.3, 0.4) is 0 Å². The van der Waals surface area contributed by atoms with Gasteiger partial charge in [0.05, 0.1) is 10.6 Å². The second-order valence-corrected chi connectivity index (χ2v) is 7.07. The molecule has 0 atom stereocenters. The molecular weight excluding hydrogens is 301 g/mol. The molecule has 2 nitrogen and oxygen atoms in total. The van der Waals surface area contributed by atoms with Gasteiger partial charge in [0.15, 0.2) is 0 Å². The zero-order chi connectivity index (χ0) is 14.9. The largest absolute Gasteiger partial charge is 0.351 e. The van der Waals surface area contributed by atoms with E-state index in [0.29, 0.717) is 11.6 Å².